The van der Waals surface area contributed by atoms with Crippen LogP contribution in [-0.2, 0) is 16.4 Å². The van der Waals surface area contributed by atoms with Crippen molar-refractivity contribution in [1.29, 1.82) is 0 Å². The molecule has 0 fully saturated rings. The molecule has 21 heavy (non-hydrogen) atoms. The quantitative estimate of drug-likeness (QED) is 0.874. The Morgan fingerprint density at radius 2 is 1.81 bits per heavy atom. The van der Waals surface area contributed by atoms with E-state index in [1.54, 1.807) is 17.5 Å². The largest absolute Gasteiger partial charge is 0.250 e. The minimum atomic E-state index is -3.46. The number of thiophene rings is 1. The molecule has 1 aromatic carbocycles. The second-order valence-corrected chi connectivity index (χ2v) is 8.26. The third kappa shape index (κ3) is 3.93. The Bertz CT molecular complexity index is 659. The summed E-state index contributed by atoms with van der Waals surface area (Å²) in [6, 6.07) is 11.3. The van der Waals surface area contributed by atoms with Crippen molar-refractivity contribution in [2.24, 2.45) is 5.92 Å². The van der Waals surface area contributed by atoms with Crippen molar-refractivity contribution in [3.63, 3.8) is 0 Å². The van der Waals surface area contributed by atoms with E-state index >= 15 is 0 Å². The van der Waals surface area contributed by atoms with E-state index in [0.29, 0.717) is 4.21 Å². The van der Waals surface area contributed by atoms with Gasteiger partial charge in [0.1, 0.15) is 4.21 Å². The van der Waals surface area contributed by atoms with Crippen LogP contribution in [0.15, 0.2) is 46.0 Å². The van der Waals surface area contributed by atoms with Crippen LogP contribution in [0.3, 0.4) is 0 Å². The standard InChI is InChI=1S/C16H21NO2S2/c1-4-13-7-9-14(10-8-13)16(12(2)3)17-21(18,19)15-6-5-11-20-15/h5-12,16-17H,4H2,1-3H3/t16-/m1/s1. The lowest BCUT2D eigenvalue weighted by Gasteiger charge is -2.22. The lowest BCUT2D eigenvalue weighted by atomic mass is 9.96. The molecule has 5 heteroatoms. The molecule has 1 atom stereocenters. The lowest BCUT2D eigenvalue weighted by Crippen LogP contribution is -2.31. The number of hydrogen-bond donors (Lipinski definition) is 1. The van der Waals surface area contributed by atoms with Crippen molar-refractivity contribution in [2.75, 3.05) is 0 Å². The summed E-state index contributed by atoms with van der Waals surface area (Å²) in [7, 11) is -3.46. The van der Waals surface area contributed by atoms with Crippen molar-refractivity contribution < 1.29 is 8.42 Å². The molecule has 0 aliphatic heterocycles. The van der Waals surface area contributed by atoms with Gasteiger partial charge in [-0.2, -0.15) is 0 Å². The average molecular weight is 323 g/mol. The number of benzene rings is 1. The van der Waals surface area contributed by atoms with Crippen LogP contribution in [0.1, 0.15) is 37.9 Å². The SMILES string of the molecule is CCc1ccc([C@H](NS(=O)(=O)c2cccs2)C(C)C)cc1. The van der Waals surface area contributed by atoms with E-state index in [1.165, 1.54) is 16.9 Å². The van der Waals surface area contributed by atoms with Crippen LogP contribution < -0.4 is 4.72 Å². The lowest BCUT2D eigenvalue weighted by molar-refractivity contribution is 0.463. The van der Waals surface area contributed by atoms with Crippen LogP contribution in [0.4, 0.5) is 0 Å². The van der Waals surface area contributed by atoms with Crippen molar-refractivity contribution >= 4 is 21.4 Å². The maximum Gasteiger partial charge on any atom is 0.250 e. The fourth-order valence-electron chi connectivity index (χ4n) is 2.19. The van der Waals surface area contributed by atoms with Crippen LogP contribution in [0, 0.1) is 5.92 Å². The summed E-state index contributed by atoms with van der Waals surface area (Å²) in [6.07, 6.45) is 0.980. The smallest absolute Gasteiger partial charge is 0.206 e. The van der Waals surface area contributed by atoms with Crippen LogP contribution >= 0.6 is 11.3 Å². The molecule has 1 aromatic heterocycles. The molecule has 1 heterocycles. The van der Waals surface area contributed by atoms with Crippen molar-refractivity contribution in [2.45, 2.75) is 37.4 Å². The molecule has 0 radical (unpaired) electrons. The number of sulfonamides is 1. The summed E-state index contributed by atoms with van der Waals surface area (Å²) < 4.78 is 28.0. The zero-order valence-electron chi connectivity index (χ0n) is 12.5. The van der Waals surface area contributed by atoms with E-state index in [4.69, 9.17) is 0 Å². The first-order valence-corrected chi connectivity index (χ1v) is 9.45. The molecule has 0 saturated carbocycles. The topological polar surface area (TPSA) is 46.2 Å². The van der Waals surface area contributed by atoms with Gasteiger partial charge in [-0.1, -0.05) is 51.1 Å². The van der Waals surface area contributed by atoms with Gasteiger partial charge < -0.3 is 0 Å². The van der Waals surface area contributed by atoms with Crippen molar-refractivity contribution in [3.05, 3.63) is 52.9 Å². The van der Waals surface area contributed by atoms with Gasteiger partial charge in [-0.15, -0.1) is 11.3 Å². The third-order valence-corrected chi connectivity index (χ3v) is 6.29. The van der Waals surface area contributed by atoms with Crippen LogP contribution in [-0.4, -0.2) is 8.42 Å². The Kier molecular flexibility index (Phi) is 5.19. The summed E-state index contributed by atoms with van der Waals surface area (Å²) >= 11 is 1.23. The van der Waals surface area contributed by atoms with Gasteiger partial charge in [-0.25, -0.2) is 13.1 Å². The minimum absolute atomic E-state index is 0.173. The molecule has 0 aliphatic rings. The molecule has 0 amide bonds. The second-order valence-electron chi connectivity index (χ2n) is 5.37. The molecule has 114 valence electrons. The number of aryl methyl sites for hydroxylation is 1. The molecular weight excluding hydrogens is 302 g/mol. The van der Waals surface area contributed by atoms with Gasteiger partial charge in [0, 0.05) is 6.04 Å². The molecule has 1 N–H and O–H groups in total. The van der Waals surface area contributed by atoms with Gasteiger partial charge in [0.25, 0.3) is 10.0 Å². The normalized spacial score (nSPS) is 13.5. The Hall–Kier alpha value is -1.17. The molecule has 2 rings (SSSR count). The monoisotopic (exact) mass is 323 g/mol. The Labute approximate surface area is 131 Å². The molecule has 0 saturated heterocycles. The Morgan fingerprint density at radius 1 is 1.14 bits per heavy atom. The van der Waals surface area contributed by atoms with Gasteiger partial charge in [0.15, 0.2) is 0 Å². The van der Waals surface area contributed by atoms with Crippen LogP contribution in [0.25, 0.3) is 0 Å². The highest BCUT2D eigenvalue weighted by atomic mass is 32.2. The number of nitrogens with one attached hydrogen (secondary N) is 1. The van der Waals surface area contributed by atoms with Gasteiger partial charge in [-0.3, -0.25) is 0 Å². The Morgan fingerprint density at radius 3 is 2.29 bits per heavy atom. The number of hydrogen-bond acceptors (Lipinski definition) is 3. The van der Waals surface area contributed by atoms with Gasteiger partial charge in [0.2, 0.25) is 0 Å². The highest BCUT2D eigenvalue weighted by Crippen LogP contribution is 2.26. The van der Waals surface area contributed by atoms with E-state index in [2.05, 4.69) is 23.8 Å². The third-order valence-electron chi connectivity index (χ3n) is 3.46. The van der Waals surface area contributed by atoms with E-state index in [0.717, 1.165) is 12.0 Å². The van der Waals surface area contributed by atoms with Crippen LogP contribution in [0.5, 0.6) is 0 Å². The van der Waals surface area contributed by atoms with Gasteiger partial charge >= 0.3 is 0 Å². The summed E-state index contributed by atoms with van der Waals surface area (Å²) in [5, 5.41) is 1.77. The first-order chi connectivity index (χ1) is 9.94. The van der Waals surface area contributed by atoms with Gasteiger partial charge in [-0.05, 0) is 34.9 Å². The zero-order valence-corrected chi connectivity index (χ0v) is 14.2. The van der Waals surface area contributed by atoms with E-state index < -0.39 is 10.0 Å². The first-order valence-electron chi connectivity index (χ1n) is 7.08. The zero-order chi connectivity index (χ0) is 15.5. The highest BCUT2D eigenvalue weighted by Gasteiger charge is 2.24. The van der Waals surface area contributed by atoms with Crippen molar-refractivity contribution in [3.8, 4) is 0 Å². The highest BCUT2D eigenvalue weighted by molar-refractivity contribution is 7.91. The minimum Gasteiger partial charge on any atom is -0.206 e. The molecule has 0 unspecified atom stereocenters. The maximum atomic E-state index is 12.4. The molecule has 0 aliphatic carbocycles. The molecule has 2 aromatic rings. The predicted octanol–water partition coefficient (Wildman–Crippen LogP) is 3.99. The fourth-order valence-corrected chi connectivity index (χ4v) is 4.57. The average Bonchev–Trinajstić information content (AvgIpc) is 3.00. The number of rotatable bonds is 6. The molecule has 0 bridgehead atoms. The van der Waals surface area contributed by atoms with Crippen molar-refractivity contribution in [1.82, 2.24) is 4.72 Å². The van der Waals surface area contributed by atoms with E-state index in [9.17, 15) is 8.42 Å². The van der Waals surface area contributed by atoms with E-state index in [-0.39, 0.29) is 12.0 Å². The molecule has 0 spiro atoms. The predicted molar refractivity (Wildman–Crippen MR) is 88.0 cm³/mol. The first kappa shape index (κ1) is 16.2. The van der Waals surface area contributed by atoms with Gasteiger partial charge in [0.05, 0.1) is 0 Å². The summed E-state index contributed by atoms with van der Waals surface area (Å²) in [6.45, 7) is 6.15. The van der Waals surface area contributed by atoms with E-state index in [1.807, 2.05) is 26.0 Å². The summed E-state index contributed by atoms with van der Waals surface area (Å²) in [5.41, 5.74) is 2.25. The van der Waals surface area contributed by atoms with Crippen LogP contribution in [0.2, 0.25) is 0 Å². The fraction of sp³-hybridized carbons (Fsp3) is 0.375. The molecular formula is C16H21NO2S2. The molecule has 3 nitrogen and oxygen atoms in total. The Balaban J connectivity index is 2.27. The second kappa shape index (κ2) is 6.73. The maximum absolute atomic E-state index is 12.4. The summed E-state index contributed by atoms with van der Waals surface area (Å²) in [4.78, 5) is 0. The summed E-state index contributed by atoms with van der Waals surface area (Å²) in [5.74, 6) is 0.173.